The summed E-state index contributed by atoms with van der Waals surface area (Å²) in [6, 6.07) is 16.8. The summed E-state index contributed by atoms with van der Waals surface area (Å²) in [5.41, 5.74) is 7.68. The molecule has 1 unspecified atom stereocenters. The fourth-order valence-electron chi connectivity index (χ4n) is 1.84. The highest BCUT2D eigenvalue weighted by molar-refractivity contribution is 7.95. The minimum Gasteiger partial charge on any atom is -0.392 e. The van der Waals surface area contributed by atoms with Gasteiger partial charge in [0.25, 0.3) is 0 Å². The topological polar surface area (TPSA) is 72.2 Å². The van der Waals surface area contributed by atoms with Crippen molar-refractivity contribution in [2.45, 2.75) is 12.2 Å². The second-order valence-corrected chi connectivity index (χ2v) is 7.08. The molecule has 0 spiro atoms. The van der Waals surface area contributed by atoms with Gasteiger partial charge in [0.15, 0.2) is 0 Å². The predicted molar refractivity (Wildman–Crippen MR) is 90.7 cm³/mol. The molecular weight excluding hydrogens is 304 g/mol. The van der Waals surface area contributed by atoms with E-state index in [2.05, 4.69) is 4.72 Å². The Hall–Kier alpha value is -1.92. The van der Waals surface area contributed by atoms with Crippen LogP contribution in [0.2, 0.25) is 0 Å². The monoisotopic (exact) mass is 320 g/mol. The molecule has 21 heavy (non-hydrogen) atoms. The highest BCUT2D eigenvalue weighted by atomic mass is 32.2. The van der Waals surface area contributed by atoms with Gasteiger partial charge >= 0.3 is 0 Å². The smallest absolute Gasteiger partial charge is 0.241 e. The number of rotatable bonds is 5. The highest BCUT2D eigenvalue weighted by Crippen LogP contribution is 2.28. The Bertz CT molecular complexity index is 743. The molecule has 0 aromatic heterocycles. The van der Waals surface area contributed by atoms with Crippen LogP contribution in [0.3, 0.4) is 0 Å². The third kappa shape index (κ3) is 3.59. The molecule has 4 nitrogen and oxygen atoms in total. The molecule has 0 amide bonds. The summed E-state index contributed by atoms with van der Waals surface area (Å²) in [5, 5.41) is -0.934. The first kappa shape index (κ1) is 15.5. The van der Waals surface area contributed by atoms with Gasteiger partial charge in [0.2, 0.25) is 10.0 Å². The minimum atomic E-state index is -3.66. The molecule has 1 atom stereocenters. The number of sulfonamides is 1. The molecule has 0 bridgehead atoms. The number of nitrogens with one attached hydrogen (secondary N) is 1. The van der Waals surface area contributed by atoms with Gasteiger partial charge < -0.3 is 5.73 Å². The summed E-state index contributed by atoms with van der Waals surface area (Å²) < 4.78 is 27.1. The van der Waals surface area contributed by atoms with Gasteiger partial charge in [0, 0.05) is 5.56 Å². The van der Waals surface area contributed by atoms with Gasteiger partial charge in [0.1, 0.15) is 5.25 Å². The Kier molecular flexibility index (Phi) is 4.59. The van der Waals surface area contributed by atoms with Crippen molar-refractivity contribution in [3.63, 3.8) is 0 Å². The predicted octanol–water partition coefficient (Wildman–Crippen LogP) is 2.77. The van der Waals surface area contributed by atoms with Crippen LogP contribution in [-0.4, -0.2) is 18.7 Å². The van der Waals surface area contributed by atoms with Crippen LogP contribution in [0.4, 0.5) is 5.69 Å². The van der Waals surface area contributed by atoms with E-state index in [4.69, 9.17) is 18.0 Å². The third-order valence-electron chi connectivity index (χ3n) is 3.13. The lowest BCUT2D eigenvalue weighted by molar-refractivity contribution is 0.598. The molecule has 3 N–H and O–H groups in total. The lowest BCUT2D eigenvalue weighted by Gasteiger charge is -2.16. The molecule has 0 fully saturated rings. The van der Waals surface area contributed by atoms with E-state index in [1.54, 1.807) is 12.1 Å². The number of thiocarbonyl (C=S) groups is 1. The van der Waals surface area contributed by atoms with Gasteiger partial charge in [-0.15, -0.1) is 0 Å². The van der Waals surface area contributed by atoms with Crippen molar-refractivity contribution in [3.8, 4) is 11.1 Å². The standard InChI is InChI=1S/C15H16N2O2S2/c1-11(15(16)20)21(18,19)17-14-10-6-5-9-13(14)12-7-3-2-4-8-12/h2-11,17H,1H3,(H2,16,20). The number of benzene rings is 2. The average Bonchev–Trinajstić information content (AvgIpc) is 2.47. The van der Waals surface area contributed by atoms with Crippen LogP contribution in [0.5, 0.6) is 0 Å². The van der Waals surface area contributed by atoms with Crippen molar-refractivity contribution in [1.29, 1.82) is 0 Å². The first-order valence-corrected chi connectivity index (χ1v) is 8.32. The van der Waals surface area contributed by atoms with E-state index in [0.29, 0.717) is 5.69 Å². The van der Waals surface area contributed by atoms with Crippen molar-refractivity contribution in [1.82, 2.24) is 0 Å². The van der Waals surface area contributed by atoms with Crippen LogP contribution in [0, 0.1) is 0 Å². The molecule has 0 saturated carbocycles. The first-order chi connectivity index (χ1) is 9.92. The SMILES string of the molecule is CC(C(N)=S)S(=O)(=O)Nc1ccccc1-c1ccccc1. The van der Waals surface area contributed by atoms with E-state index in [1.165, 1.54) is 6.92 Å². The largest absolute Gasteiger partial charge is 0.392 e. The van der Waals surface area contributed by atoms with Crippen molar-refractivity contribution >= 4 is 32.9 Å². The summed E-state index contributed by atoms with van der Waals surface area (Å²) in [6.45, 7) is 1.47. The van der Waals surface area contributed by atoms with Gasteiger partial charge in [-0.05, 0) is 18.6 Å². The van der Waals surface area contributed by atoms with Crippen LogP contribution >= 0.6 is 12.2 Å². The summed E-state index contributed by atoms with van der Waals surface area (Å²) in [4.78, 5) is -0.0558. The lowest BCUT2D eigenvalue weighted by Crippen LogP contribution is -2.35. The number of nitrogens with two attached hydrogens (primary N) is 1. The summed E-state index contributed by atoms with van der Waals surface area (Å²) in [5.74, 6) is 0. The number of anilines is 1. The molecule has 6 heteroatoms. The molecule has 0 aliphatic heterocycles. The summed E-state index contributed by atoms with van der Waals surface area (Å²) >= 11 is 4.77. The Morgan fingerprint density at radius 3 is 2.29 bits per heavy atom. The van der Waals surface area contributed by atoms with Gasteiger partial charge in [0.05, 0.1) is 10.7 Å². The maximum Gasteiger partial charge on any atom is 0.241 e. The van der Waals surface area contributed by atoms with Gasteiger partial charge in [-0.1, -0.05) is 60.7 Å². The van der Waals surface area contributed by atoms with Gasteiger partial charge in [-0.3, -0.25) is 4.72 Å². The maximum atomic E-state index is 12.2. The zero-order chi connectivity index (χ0) is 15.5. The summed E-state index contributed by atoms with van der Waals surface area (Å²) in [6.07, 6.45) is 0. The van der Waals surface area contributed by atoms with Gasteiger partial charge in [-0.25, -0.2) is 8.42 Å². The van der Waals surface area contributed by atoms with E-state index in [0.717, 1.165) is 11.1 Å². The quantitative estimate of drug-likeness (QED) is 0.831. The highest BCUT2D eigenvalue weighted by Gasteiger charge is 2.24. The Morgan fingerprint density at radius 2 is 1.67 bits per heavy atom. The fraction of sp³-hybridized carbons (Fsp3) is 0.133. The third-order valence-corrected chi connectivity index (χ3v) is 5.32. The van der Waals surface area contributed by atoms with E-state index < -0.39 is 15.3 Å². The second-order valence-electron chi connectivity index (χ2n) is 4.60. The van der Waals surface area contributed by atoms with Crippen LogP contribution in [0.1, 0.15) is 6.92 Å². The number of hydrogen-bond donors (Lipinski definition) is 2. The molecular formula is C15H16N2O2S2. The normalized spacial score (nSPS) is 12.6. The summed E-state index contributed by atoms with van der Waals surface area (Å²) in [7, 11) is -3.66. The molecule has 0 aliphatic rings. The molecule has 110 valence electrons. The Labute approximate surface area is 130 Å². The lowest BCUT2D eigenvalue weighted by atomic mass is 10.0. The minimum absolute atomic E-state index is 0.0558. The van der Waals surface area contributed by atoms with E-state index >= 15 is 0 Å². The molecule has 2 rings (SSSR count). The maximum absolute atomic E-state index is 12.2. The molecule has 2 aromatic carbocycles. The molecule has 0 aliphatic carbocycles. The Morgan fingerprint density at radius 1 is 1.10 bits per heavy atom. The zero-order valence-corrected chi connectivity index (χ0v) is 13.1. The van der Waals surface area contributed by atoms with Crippen molar-refractivity contribution in [2.24, 2.45) is 5.73 Å². The second kappa shape index (κ2) is 6.24. The molecule has 0 radical (unpaired) electrons. The number of hydrogen-bond acceptors (Lipinski definition) is 3. The van der Waals surface area contributed by atoms with Crippen molar-refractivity contribution < 1.29 is 8.42 Å². The van der Waals surface area contributed by atoms with Gasteiger partial charge in [-0.2, -0.15) is 0 Å². The van der Waals surface area contributed by atoms with Crippen molar-refractivity contribution in [3.05, 3.63) is 54.6 Å². The van der Waals surface area contributed by atoms with Crippen LogP contribution in [0.25, 0.3) is 11.1 Å². The zero-order valence-electron chi connectivity index (χ0n) is 11.5. The number of para-hydroxylation sites is 1. The molecule has 0 heterocycles. The van der Waals surface area contributed by atoms with E-state index in [-0.39, 0.29) is 4.99 Å². The fourth-order valence-corrected chi connectivity index (χ4v) is 3.18. The van der Waals surface area contributed by atoms with Crippen molar-refractivity contribution in [2.75, 3.05) is 4.72 Å². The average molecular weight is 320 g/mol. The van der Waals surface area contributed by atoms with Crippen LogP contribution in [-0.2, 0) is 10.0 Å². The molecule has 0 saturated heterocycles. The van der Waals surface area contributed by atoms with E-state index in [9.17, 15) is 8.42 Å². The first-order valence-electron chi connectivity index (χ1n) is 6.37. The molecule has 2 aromatic rings. The van der Waals surface area contributed by atoms with E-state index in [1.807, 2.05) is 42.5 Å². The van der Waals surface area contributed by atoms with Crippen LogP contribution in [0.15, 0.2) is 54.6 Å². The Balaban J connectivity index is 2.41. The van der Waals surface area contributed by atoms with Crippen LogP contribution < -0.4 is 10.5 Å².